The van der Waals surface area contributed by atoms with Crippen LogP contribution in [-0.2, 0) is 6.61 Å². The summed E-state index contributed by atoms with van der Waals surface area (Å²) in [6.45, 7) is 0.472. The molecule has 3 N–H and O–H groups in total. The molecule has 1 amide bonds. The largest absolute Gasteiger partial charge is 0.488 e. The minimum atomic E-state index is -0.407. The smallest absolute Gasteiger partial charge is 0.284 e. The van der Waals surface area contributed by atoms with E-state index in [0.29, 0.717) is 17.3 Å². The highest BCUT2D eigenvalue weighted by Gasteiger charge is 2.13. The number of hydrazine groups is 1. The number of nitrogens with one attached hydrogen (secondary N) is 1. The summed E-state index contributed by atoms with van der Waals surface area (Å²) in [5.41, 5.74) is 4.32. The molecule has 0 spiro atoms. The Morgan fingerprint density at radius 3 is 2.65 bits per heavy atom. The molecule has 3 rings (SSSR count). The van der Waals surface area contributed by atoms with Crippen molar-refractivity contribution in [2.75, 3.05) is 0 Å². The maximum Gasteiger partial charge on any atom is 0.284 e. The van der Waals surface area contributed by atoms with Crippen molar-refractivity contribution in [3.63, 3.8) is 0 Å². The Balaban J connectivity index is 1.83. The van der Waals surface area contributed by atoms with Crippen molar-refractivity contribution in [3.05, 3.63) is 71.2 Å². The lowest BCUT2D eigenvalue weighted by Crippen LogP contribution is -2.30. The Labute approximate surface area is 137 Å². The number of benzene rings is 2. The summed E-state index contributed by atoms with van der Waals surface area (Å²) in [7, 11) is 0. The Hall–Kier alpha value is -2.70. The van der Waals surface area contributed by atoms with Crippen LogP contribution in [0.4, 0.5) is 0 Å². The molecule has 5 nitrogen and oxygen atoms in total. The molecule has 0 aliphatic heterocycles. The van der Waals surface area contributed by atoms with E-state index in [0.717, 1.165) is 16.9 Å². The average Bonchev–Trinajstić information content (AvgIpc) is 3.10. The summed E-state index contributed by atoms with van der Waals surface area (Å²) in [5, 5.41) is 2.39. The Morgan fingerprint density at radius 1 is 1.13 bits per heavy atom. The van der Waals surface area contributed by atoms with Crippen molar-refractivity contribution in [3.8, 4) is 16.3 Å². The van der Waals surface area contributed by atoms with Crippen LogP contribution >= 0.6 is 11.3 Å². The third-order valence-corrected chi connectivity index (χ3v) is 4.10. The maximum absolute atomic E-state index is 11.5. The van der Waals surface area contributed by atoms with Gasteiger partial charge >= 0.3 is 0 Å². The van der Waals surface area contributed by atoms with Gasteiger partial charge in [-0.05, 0) is 17.7 Å². The van der Waals surface area contributed by atoms with Crippen LogP contribution in [0.1, 0.15) is 16.1 Å². The number of carbonyl (C=O) groups excluding carboxylic acids is 1. The van der Waals surface area contributed by atoms with Crippen LogP contribution in [0.15, 0.2) is 60.0 Å². The van der Waals surface area contributed by atoms with Crippen molar-refractivity contribution in [2.45, 2.75) is 6.61 Å². The minimum Gasteiger partial charge on any atom is -0.488 e. The molecule has 0 fully saturated rings. The number of amides is 1. The highest BCUT2D eigenvalue weighted by molar-refractivity contribution is 7.13. The molecule has 0 atom stereocenters. The molecular formula is C17H15N3O2S. The molecule has 0 bridgehead atoms. The van der Waals surface area contributed by atoms with E-state index in [9.17, 15) is 4.79 Å². The standard InChI is InChI=1S/C17H15N3O2S/c18-20-16(21)14-11-23-17(19-14)13-8-4-5-9-15(13)22-10-12-6-2-1-3-7-12/h1-9,11H,10,18H2,(H,20,21). The first-order valence-electron chi connectivity index (χ1n) is 7.00. The van der Waals surface area contributed by atoms with Crippen molar-refractivity contribution >= 4 is 17.2 Å². The molecule has 6 heteroatoms. The van der Waals surface area contributed by atoms with Gasteiger partial charge in [0.15, 0.2) is 0 Å². The predicted molar refractivity (Wildman–Crippen MR) is 90.0 cm³/mol. The zero-order valence-corrected chi connectivity index (χ0v) is 13.0. The number of aromatic nitrogens is 1. The molecule has 1 aromatic heterocycles. The zero-order valence-electron chi connectivity index (χ0n) is 12.2. The normalized spacial score (nSPS) is 10.3. The molecule has 23 heavy (non-hydrogen) atoms. The van der Waals surface area contributed by atoms with Gasteiger partial charge in [-0.15, -0.1) is 11.3 Å². The van der Waals surface area contributed by atoms with Gasteiger partial charge in [0, 0.05) is 5.38 Å². The van der Waals surface area contributed by atoms with Crippen LogP contribution in [0, 0.1) is 0 Å². The van der Waals surface area contributed by atoms with Gasteiger partial charge in [0.05, 0.1) is 5.56 Å². The second kappa shape index (κ2) is 7.04. The molecule has 3 aromatic rings. The van der Waals surface area contributed by atoms with E-state index in [4.69, 9.17) is 10.6 Å². The summed E-state index contributed by atoms with van der Waals surface area (Å²) >= 11 is 1.37. The second-order valence-corrected chi connectivity index (χ2v) is 5.64. The summed E-state index contributed by atoms with van der Waals surface area (Å²) in [5.74, 6) is 5.45. The number of hydrogen-bond donors (Lipinski definition) is 2. The van der Waals surface area contributed by atoms with Crippen LogP contribution in [0.2, 0.25) is 0 Å². The quantitative estimate of drug-likeness (QED) is 0.429. The number of nitrogens with two attached hydrogens (primary N) is 1. The molecule has 0 saturated heterocycles. The number of thiazole rings is 1. The average molecular weight is 325 g/mol. The van der Waals surface area contributed by atoms with Crippen LogP contribution < -0.4 is 16.0 Å². The molecule has 0 unspecified atom stereocenters. The fourth-order valence-electron chi connectivity index (χ4n) is 2.08. The van der Waals surface area contributed by atoms with Crippen LogP contribution in [0.3, 0.4) is 0 Å². The lowest BCUT2D eigenvalue weighted by molar-refractivity contribution is 0.0949. The van der Waals surface area contributed by atoms with E-state index in [1.54, 1.807) is 5.38 Å². The Bertz CT molecular complexity index is 802. The number of rotatable bonds is 5. The van der Waals surface area contributed by atoms with Gasteiger partial charge in [-0.2, -0.15) is 0 Å². The molecule has 0 radical (unpaired) electrons. The second-order valence-electron chi connectivity index (χ2n) is 4.78. The number of ether oxygens (including phenoxy) is 1. The summed E-state index contributed by atoms with van der Waals surface area (Å²) < 4.78 is 5.92. The molecule has 116 valence electrons. The highest BCUT2D eigenvalue weighted by atomic mass is 32.1. The zero-order chi connectivity index (χ0) is 16.1. The first-order chi connectivity index (χ1) is 11.3. The van der Waals surface area contributed by atoms with Gasteiger partial charge < -0.3 is 4.74 Å². The highest BCUT2D eigenvalue weighted by Crippen LogP contribution is 2.32. The number of para-hydroxylation sites is 1. The topological polar surface area (TPSA) is 77.2 Å². The van der Waals surface area contributed by atoms with E-state index in [-0.39, 0.29) is 0 Å². The summed E-state index contributed by atoms with van der Waals surface area (Å²) in [4.78, 5) is 15.8. The van der Waals surface area contributed by atoms with Crippen molar-refractivity contribution in [1.82, 2.24) is 10.4 Å². The predicted octanol–water partition coefficient (Wildman–Crippen LogP) is 2.99. The maximum atomic E-state index is 11.5. The van der Waals surface area contributed by atoms with Gasteiger partial charge in [0.25, 0.3) is 5.91 Å². The first kappa shape index (κ1) is 15.2. The molecule has 0 aliphatic rings. The number of nitrogens with zero attached hydrogens (tertiary/aromatic N) is 1. The summed E-state index contributed by atoms with van der Waals surface area (Å²) in [6.07, 6.45) is 0. The molecule has 2 aromatic carbocycles. The third kappa shape index (κ3) is 3.56. The van der Waals surface area contributed by atoms with Gasteiger partial charge in [0.1, 0.15) is 23.1 Å². The molecular weight excluding hydrogens is 310 g/mol. The fraction of sp³-hybridized carbons (Fsp3) is 0.0588. The van der Waals surface area contributed by atoms with Gasteiger partial charge in [0.2, 0.25) is 0 Å². The van der Waals surface area contributed by atoms with Crippen molar-refractivity contribution in [2.24, 2.45) is 5.84 Å². The number of hydrogen-bond acceptors (Lipinski definition) is 5. The number of carbonyl (C=O) groups is 1. The van der Waals surface area contributed by atoms with E-state index >= 15 is 0 Å². The molecule has 0 saturated carbocycles. The third-order valence-electron chi connectivity index (χ3n) is 3.22. The lowest BCUT2D eigenvalue weighted by Gasteiger charge is -2.09. The lowest BCUT2D eigenvalue weighted by atomic mass is 10.2. The number of nitrogen functional groups attached to an aromatic ring is 1. The molecule has 0 aliphatic carbocycles. The van der Waals surface area contributed by atoms with Crippen LogP contribution in [0.5, 0.6) is 5.75 Å². The van der Waals surface area contributed by atoms with Crippen molar-refractivity contribution in [1.29, 1.82) is 0 Å². The first-order valence-corrected chi connectivity index (χ1v) is 7.88. The van der Waals surface area contributed by atoms with E-state index in [1.165, 1.54) is 11.3 Å². The van der Waals surface area contributed by atoms with Gasteiger partial charge in [-0.1, -0.05) is 42.5 Å². The van der Waals surface area contributed by atoms with Crippen LogP contribution in [-0.4, -0.2) is 10.9 Å². The van der Waals surface area contributed by atoms with E-state index in [2.05, 4.69) is 10.4 Å². The van der Waals surface area contributed by atoms with Gasteiger partial charge in [-0.25, -0.2) is 10.8 Å². The van der Waals surface area contributed by atoms with E-state index < -0.39 is 5.91 Å². The van der Waals surface area contributed by atoms with E-state index in [1.807, 2.05) is 54.6 Å². The fourth-order valence-corrected chi connectivity index (χ4v) is 2.91. The minimum absolute atomic E-state index is 0.297. The monoisotopic (exact) mass is 325 g/mol. The SMILES string of the molecule is NNC(=O)c1csc(-c2ccccc2OCc2ccccc2)n1. The van der Waals surface area contributed by atoms with Crippen LogP contribution in [0.25, 0.3) is 10.6 Å². The Kier molecular flexibility index (Phi) is 4.65. The van der Waals surface area contributed by atoms with Crippen molar-refractivity contribution < 1.29 is 9.53 Å². The molecule has 1 heterocycles. The summed E-state index contributed by atoms with van der Waals surface area (Å²) in [6, 6.07) is 17.6. The van der Waals surface area contributed by atoms with Gasteiger partial charge in [-0.3, -0.25) is 10.2 Å². The Morgan fingerprint density at radius 2 is 1.87 bits per heavy atom.